The average Bonchev–Trinajstić information content (AvgIpc) is 3.38. The standard InChI is InChI=1S/C45H35BrF4O3/c1-4-5-22-52-31-17-12-28(13-18-31)44(36-8-6-7-9-38(36)47)21-20-33-41-39(32-19-14-29(45(48,49)50)25-34(32)42(33)53-44)35-23-27(26-10-15-30(51)16-11-26)24-37(46)40(35)43(41,2)3/h6-21,23-25,51H,4-5,22H2,1-3H3. The second kappa shape index (κ2) is 12.8. The van der Waals surface area contributed by atoms with Crippen molar-refractivity contribution in [1.82, 2.24) is 0 Å². The summed E-state index contributed by atoms with van der Waals surface area (Å²) < 4.78 is 73.1. The number of unbranched alkanes of at least 4 members (excludes halogenated alkanes) is 1. The van der Waals surface area contributed by atoms with E-state index in [0.29, 0.717) is 28.9 Å². The van der Waals surface area contributed by atoms with Crippen molar-refractivity contribution in [2.45, 2.75) is 50.8 Å². The fourth-order valence-electron chi connectivity index (χ4n) is 7.98. The molecule has 1 aliphatic heterocycles. The highest BCUT2D eigenvalue weighted by Crippen LogP contribution is 2.60. The van der Waals surface area contributed by atoms with Crippen molar-refractivity contribution < 1.29 is 32.1 Å². The van der Waals surface area contributed by atoms with Crippen LogP contribution in [0.5, 0.6) is 17.2 Å². The van der Waals surface area contributed by atoms with Gasteiger partial charge in [-0.3, -0.25) is 0 Å². The average molecular weight is 780 g/mol. The lowest BCUT2D eigenvalue weighted by atomic mass is 9.76. The van der Waals surface area contributed by atoms with Gasteiger partial charge in [0.25, 0.3) is 0 Å². The van der Waals surface area contributed by atoms with Crippen molar-refractivity contribution in [2.75, 3.05) is 6.61 Å². The number of phenols is 1. The predicted molar refractivity (Wildman–Crippen MR) is 205 cm³/mol. The molecule has 2 aliphatic rings. The van der Waals surface area contributed by atoms with E-state index in [0.717, 1.165) is 62.8 Å². The minimum Gasteiger partial charge on any atom is -0.508 e. The Morgan fingerprint density at radius 1 is 0.830 bits per heavy atom. The Morgan fingerprint density at radius 3 is 2.26 bits per heavy atom. The van der Waals surface area contributed by atoms with E-state index in [1.165, 1.54) is 12.1 Å². The van der Waals surface area contributed by atoms with Gasteiger partial charge in [-0.2, -0.15) is 13.2 Å². The van der Waals surface area contributed by atoms with Crippen LogP contribution in [0, 0.1) is 5.82 Å². The molecule has 8 rings (SSSR count). The van der Waals surface area contributed by atoms with Crippen molar-refractivity contribution in [2.24, 2.45) is 0 Å². The molecule has 0 amide bonds. The van der Waals surface area contributed by atoms with E-state index >= 15 is 4.39 Å². The van der Waals surface area contributed by atoms with Gasteiger partial charge in [0.05, 0.1) is 12.2 Å². The monoisotopic (exact) mass is 778 g/mol. The lowest BCUT2D eigenvalue weighted by Gasteiger charge is -2.38. The van der Waals surface area contributed by atoms with Crippen molar-refractivity contribution in [1.29, 1.82) is 0 Å². The van der Waals surface area contributed by atoms with Crippen LogP contribution in [0.25, 0.3) is 39.1 Å². The third kappa shape index (κ3) is 5.70. The van der Waals surface area contributed by atoms with Crippen LogP contribution in [0.15, 0.2) is 114 Å². The third-order valence-corrected chi connectivity index (χ3v) is 11.1. The van der Waals surface area contributed by atoms with E-state index in [1.54, 1.807) is 30.3 Å². The Bertz CT molecular complexity index is 2430. The Labute approximate surface area is 313 Å². The van der Waals surface area contributed by atoms with Crippen LogP contribution >= 0.6 is 15.9 Å². The van der Waals surface area contributed by atoms with Gasteiger partial charge in [0.1, 0.15) is 23.1 Å². The Kier molecular flexibility index (Phi) is 8.45. The number of benzene rings is 6. The summed E-state index contributed by atoms with van der Waals surface area (Å²) in [4.78, 5) is 0. The van der Waals surface area contributed by atoms with Gasteiger partial charge in [-0.05, 0) is 106 Å². The van der Waals surface area contributed by atoms with Gasteiger partial charge in [0.2, 0.25) is 0 Å². The van der Waals surface area contributed by atoms with Crippen molar-refractivity contribution in [3.63, 3.8) is 0 Å². The number of ether oxygens (including phenoxy) is 2. The molecule has 1 aliphatic carbocycles. The molecule has 0 bridgehead atoms. The molecule has 1 N–H and O–H groups in total. The number of alkyl halides is 3. The second-order valence-corrected chi connectivity index (χ2v) is 15.0. The SMILES string of the molecule is CCCCOc1ccc(C2(c3ccccc3F)C=Cc3c4c(c5ccc(C(F)(F)F)cc5c3O2)-c2cc(-c3ccc(O)cc3)cc(Br)c2C4(C)C)cc1. The summed E-state index contributed by atoms with van der Waals surface area (Å²) in [5.41, 5.74) is 3.84. The van der Waals surface area contributed by atoms with Crippen LogP contribution in [0.3, 0.4) is 0 Å². The molecule has 1 unspecified atom stereocenters. The van der Waals surface area contributed by atoms with Gasteiger partial charge in [-0.15, -0.1) is 0 Å². The highest BCUT2D eigenvalue weighted by atomic mass is 79.9. The zero-order chi connectivity index (χ0) is 37.3. The number of halogens is 5. The summed E-state index contributed by atoms with van der Waals surface area (Å²) in [6.45, 7) is 6.84. The molecule has 6 aromatic carbocycles. The number of hydrogen-bond donors (Lipinski definition) is 1. The smallest absolute Gasteiger partial charge is 0.416 e. The zero-order valence-electron chi connectivity index (χ0n) is 29.2. The molecule has 268 valence electrons. The van der Waals surface area contributed by atoms with Crippen LogP contribution in [0.2, 0.25) is 0 Å². The lowest BCUT2D eigenvalue weighted by Crippen LogP contribution is -2.36. The fraction of sp³-hybridized carbons (Fsp3) is 0.200. The molecule has 1 heterocycles. The minimum atomic E-state index is -4.62. The first kappa shape index (κ1) is 35.0. The summed E-state index contributed by atoms with van der Waals surface area (Å²) in [5, 5.41) is 10.8. The van der Waals surface area contributed by atoms with Crippen LogP contribution in [-0.2, 0) is 17.2 Å². The minimum absolute atomic E-state index is 0.146. The van der Waals surface area contributed by atoms with Crippen LogP contribution in [0.4, 0.5) is 17.6 Å². The molecule has 0 spiro atoms. The summed E-state index contributed by atoms with van der Waals surface area (Å²) in [7, 11) is 0. The van der Waals surface area contributed by atoms with Gasteiger partial charge in [-0.25, -0.2) is 4.39 Å². The largest absolute Gasteiger partial charge is 0.508 e. The lowest BCUT2D eigenvalue weighted by molar-refractivity contribution is -0.137. The number of aromatic hydroxyl groups is 1. The normalized spacial score (nSPS) is 16.9. The first-order valence-electron chi connectivity index (χ1n) is 17.6. The molecule has 0 saturated heterocycles. The van der Waals surface area contributed by atoms with Gasteiger partial charge >= 0.3 is 6.18 Å². The number of phenolic OH excluding ortho intramolecular Hbond substituents is 1. The van der Waals surface area contributed by atoms with E-state index in [-0.39, 0.29) is 22.4 Å². The molecule has 3 nitrogen and oxygen atoms in total. The predicted octanol–water partition coefficient (Wildman–Crippen LogP) is 13.0. The molecule has 0 aromatic heterocycles. The highest BCUT2D eigenvalue weighted by molar-refractivity contribution is 9.10. The first-order chi connectivity index (χ1) is 25.3. The van der Waals surface area contributed by atoms with Crippen LogP contribution in [-0.4, -0.2) is 11.7 Å². The van der Waals surface area contributed by atoms with Crippen molar-refractivity contribution in [3.05, 3.63) is 153 Å². The first-order valence-corrected chi connectivity index (χ1v) is 18.3. The highest BCUT2D eigenvalue weighted by Gasteiger charge is 2.46. The van der Waals surface area contributed by atoms with Crippen molar-refractivity contribution in [3.8, 4) is 39.5 Å². The van der Waals surface area contributed by atoms with Gasteiger partial charge in [0.15, 0.2) is 5.60 Å². The molecule has 0 radical (unpaired) electrons. The topological polar surface area (TPSA) is 38.7 Å². The molecule has 0 saturated carbocycles. The van der Waals surface area contributed by atoms with Crippen LogP contribution < -0.4 is 9.47 Å². The fourth-order valence-corrected chi connectivity index (χ4v) is 8.94. The van der Waals surface area contributed by atoms with E-state index in [4.69, 9.17) is 9.47 Å². The quantitative estimate of drug-likeness (QED) is 0.130. The molecule has 53 heavy (non-hydrogen) atoms. The Morgan fingerprint density at radius 2 is 1.57 bits per heavy atom. The number of hydrogen-bond acceptors (Lipinski definition) is 3. The summed E-state index contributed by atoms with van der Waals surface area (Å²) in [6.07, 6.45) is 0.968. The van der Waals surface area contributed by atoms with Crippen LogP contribution in [0.1, 0.15) is 67.0 Å². The summed E-state index contributed by atoms with van der Waals surface area (Å²) in [6, 6.07) is 28.4. The summed E-state index contributed by atoms with van der Waals surface area (Å²) in [5.74, 6) is 0.535. The molecule has 0 fully saturated rings. The van der Waals surface area contributed by atoms with E-state index in [9.17, 15) is 18.3 Å². The van der Waals surface area contributed by atoms with E-state index < -0.39 is 28.6 Å². The van der Waals surface area contributed by atoms with E-state index in [1.807, 2.05) is 54.6 Å². The van der Waals surface area contributed by atoms with Crippen molar-refractivity contribution >= 4 is 32.8 Å². The molecule has 1 atom stereocenters. The Hall–Kier alpha value is -5.08. The second-order valence-electron chi connectivity index (χ2n) is 14.2. The molecular formula is C45H35BrF4O3. The maximum Gasteiger partial charge on any atom is 0.416 e. The molecular weight excluding hydrogens is 744 g/mol. The third-order valence-electron chi connectivity index (χ3n) is 10.5. The summed E-state index contributed by atoms with van der Waals surface area (Å²) >= 11 is 3.86. The van der Waals surface area contributed by atoms with Gasteiger partial charge in [0, 0.05) is 32.0 Å². The zero-order valence-corrected chi connectivity index (χ0v) is 30.8. The maximum atomic E-state index is 16.0. The number of rotatable bonds is 7. The van der Waals surface area contributed by atoms with Gasteiger partial charge < -0.3 is 14.6 Å². The molecule has 6 aromatic rings. The Balaban J connectivity index is 1.40. The molecule has 8 heteroatoms. The van der Waals surface area contributed by atoms with Gasteiger partial charge in [-0.1, -0.05) is 97.7 Å². The number of fused-ring (bicyclic) bond motifs is 8. The van der Waals surface area contributed by atoms with E-state index in [2.05, 4.69) is 42.8 Å². The maximum absolute atomic E-state index is 16.0.